The maximum absolute atomic E-state index is 11.3. The number of nitrogens with one attached hydrogen (secondary N) is 1. The molecule has 1 fully saturated rings. The van der Waals surface area contributed by atoms with Crippen molar-refractivity contribution >= 4 is 17.7 Å². The summed E-state index contributed by atoms with van der Waals surface area (Å²) in [7, 11) is 0. The van der Waals surface area contributed by atoms with Crippen molar-refractivity contribution in [3.8, 4) is 0 Å². The molecule has 1 rings (SSSR count). The summed E-state index contributed by atoms with van der Waals surface area (Å²) in [6.07, 6.45) is 1.29. The van der Waals surface area contributed by atoms with E-state index in [2.05, 4.69) is 5.32 Å². The standard InChI is InChI=1S/C9H15N3O3/c1-6(9(10)15)11-7(13)5-12-4-2-3-8(12)14/h6H,2-5H2,1H3,(H2,10,15)(H,11,13). The van der Waals surface area contributed by atoms with Gasteiger partial charge in [0.15, 0.2) is 0 Å². The van der Waals surface area contributed by atoms with Gasteiger partial charge in [-0.15, -0.1) is 0 Å². The monoisotopic (exact) mass is 213 g/mol. The lowest BCUT2D eigenvalue weighted by atomic mass is 10.3. The largest absolute Gasteiger partial charge is 0.368 e. The van der Waals surface area contributed by atoms with Gasteiger partial charge in [0.25, 0.3) is 0 Å². The summed E-state index contributed by atoms with van der Waals surface area (Å²) in [5, 5.41) is 2.42. The lowest BCUT2D eigenvalue weighted by Crippen LogP contribution is -2.46. The SMILES string of the molecule is CC(NC(=O)CN1CCCC1=O)C(N)=O. The molecule has 1 aliphatic rings. The predicted octanol–water partition coefficient (Wildman–Crippen LogP) is -1.40. The Bertz CT molecular complexity index is 290. The second-order valence-corrected chi connectivity index (χ2v) is 3.61. The normalized spacial score (nSPS) is 17.7. The zero-order valence-electron chi connectivity index (χ0n) is 8.66. The Morgan fingerprint density at radius 1 is 1.60 bits per heavy atom. The van der Waals surface area contributed by atoms with Gasteiger partial charge in [-0.1, -0.05) is 0 Å². The Labute approximate surface area is 87.8 Å². The average Bonchev–Trinajstić information content (AvgIpc) is 2.51. The van der Waals surface area contributed by atoms with Crippen LogP contribution >= 0.6 is 0 Å². The molecule has 0 saturated carbocycles. The van der Waals surface area contributed by atoms with E-state index >= 15 is 0 Å². The Morgan fingerprint density at radius 3 is 2.73 bits per heavy atom. The van der Waals surface area contributed by atoms with Crippen LogP contribution < -0.4 is 11.1 Å². The number of rotatable bonds is 4. The van der Waals surface area contributed by atoms with Crippen molar-refractivity contribution in [2.75, 3.05) is 13.1 Å². The van der Waals surface area contributed by atoms with E-state index < -0.39 is 11.9 Å². The van der Waals surface area contributed by atoms with E-state index in [1.807, 2.05) is 0 Å². The highest BCUT2D eigenvalue weighted by molar-refractivity contribution is 5.89. The molecule has 3 N–H and O–H groups in total. The van der Waals surface area contributed by atoms with Crippen LogP contribution in [-0.2, 0) is 14.4 Å². The molecule has 6 heteroatoms. The summed E-state index contributed by atoms with van der Waals surface area (Å²) in [6.45, 7) is 2.12. The molecule has 0 aromatic rings. The highest BCUT2D eigenvalue weighted by atomic mass is 16.2. The maximum Gasteiger partial charge on any atom is 0.240 e. The third kappa shape index (κ3) is 3.23. The lowest BCUT2D eigenvalue weighted by Gasteiger charge is -2.16. The minimum atomic E-state index is -0.699. The van der Waals surface area contributed by atoms with Crippen molar-refractivity contribution in [1.82, 2.24) is 10.2 Å². The van der Waals surface area contributed by atoms with Crippen molar-refractivity contribution in [2.45, 2.75) is 25.8 Å². The molecule has 1 atom stereocenters. The number of nitrogens with zero attached hydrogens (tertiary/aromatic N) is 1. The predicted molar refractivity (Wildman–Crippen MR) is 52.6 cm³/mol. The number of likely N-dealkylation sites (tertiary alicyclic amines) is 1. The maximum atomic E-state index is 11.3. The van der Waals surface area contributed by atoms with Crippen molar-refractivity contribution in [2.24, 2.45) is 5.73 Å². The Morgan fingerprint density at radius 2 is 2.27 bits per heavy atom. The molecule has 1 aliphatic heterocycles. The molecule has 15 heavy (non-hydrogen) atoms. The number of amides is 3. The van der Waals surface area contributed by atoms with Gasteiger partial charge in [-0.2, -0.15) is 0 Å². The molecule has 1 heterocycles. The minimum Gasteiger partial charge on any atom is -0.368 e. The molecule has 1 saturated heterocycles. The second-order valence-electron chi connectivity index (χ2n) is 3.61. The average molecular weight is 213 g/mol. The van der Waals surface area contributed by atoms with Crippen molar-refractivity contribution in [3.63, 3.8) is 0 Å². The van der Waals surface area contributed by atoms with E-state index in [1.54, 1.807) is 0 Å². The summed E-state index contributed by atoms with van der Waals surface area (Å²) in [5.74, 6) is -0.954. The summed E-state index contributed by atoms with van der Waals surface area (Å²) in [5.41, 5.74) is 4.99. The summed E-state index contributed by atoms with van der Waals surface area (Å²) < 4.78 is 0. The van der Waals surface area contributed by atoms with Gasteiger partial charge < -0.3 is 16.0 Å². The van der Waals surface area contributed by atoms with Gasteiger partial charge in [0.05, 0.1) is 6.54 Å². The molecule has 0 radical (unpaired) electrons. The lowest BCUT2D eigenvalue weighted by molar-refractivity contribution is -0.134. The van der Waals surface area contributed by atoms with Gasteiger partial charge >= 0.3 is 0 Å². The number of primary amides is 1. The zero-order chi connectivity index (χ0) is 11.4. The van der Waals surface area contributed by atoms with Crippen molar-refractivity contribution < 1.29 is 14.4 Å². The van der Waals surface area contributed by atoms with Crippen LogP contribution in [0.4, 0.5) is 0 Å². The minimum absolute atomic E-state index is 0.0104. The van der Waals surface area contributed by atoms with Gasteiger partial charge in [-0.25, -0.2) is 0 Å². The van der Waals surface area contributed by atoms with Gasteiger partial charge in [0.1, 0.15) is 6.04 Å². The second kappa shape index (κ2) is 4.77. The molecule has 6 nitrogen and oxygen atoms in total. The first-order valence-electron chi connectivity index (χ1n) is 4.87. The smallest absolute Gasteiger partial charge is 0.240 e. The quantitative estimate of drug-likeness (QED) is 0.601. The fourth-order valence-corrected chi connectivity index (χ4v) is 1.40. The van der Waals surface area contributed by atoms with Crippen LogP contribution in [0, 0.1) is 0 Å². The van der Waals surface area contributed by atoms with Crippen LogP contribution in [0.1, 0.15) is 19.8 Å². The van der Waals surface area contributed by atoms with Gasteiger partial charge in [-0.3, -0.25) is 14.4 Å². The van der Waals surface area contributed by atoms with Crippen LogP contribution in [0.5, 0.6) is 0 Å². The first kappa shape index (κ1) is 11.5. The van der Waals surface area contributed by atoms with Gasteiger partial charge in [-0.05, 0) is 13.3 Å². The number of hydrogen-bond donors (Lipinski definition) is 2. The van der Waals surface area contributed by atoms with Crippen molar-refractivity contribution in [1.29, 1.82) is 0 Å². The number of hydrogen-bond acceptors (Lipinski definition) is 3. The molecular weight excluding hydrogens is 198 g/mol. The fraction of sp³-hybridized carbons (Fsp3) is 0.667. The molecule has 3 amide bonds. The topological polar surface area (TPSA) is 92.5 Å². The van der Waals surface area contributed by atoms with Crippen LogP contribution in [0.25, 0.3) is 0 Å². The van der Waals surface area contributed by atoms with E-state index in [0.717, 1.165) is 6.42 Å². The van der Waals surface area contributed by atoms with Crippen molar-refractivity contribution in [3.05, 3.63) is 0 Å². The van der Waals surface area contributed by atoms with E-state index in [0.29, 0.717) is 13.0 Å². The number of carbonyl (C=O) groups excluding carboxylic acids is 3. The molecular formula is C9H15N3O3. The molecule has 84 valence electrons. The molecule has 0 aliphatic carbocycles. The molecule has 0 aromatic heterocycles. The van der Waals surface area contributed by atoms with Crippen LogP contribution in [0.3, 0.4) is 0 Å². The van der Waals surface area contributed by atoms with Crippen LogP contribution in [0.2, 0.25) is 0 Å². The van der Waals surface area contributed by atoms with E-state index in [1.165, 1.54) is 11.8 Å². The van der Waals surface area contributed by atoms with E-state index in [-0.39, 0.29) is 18.4 Å². The summed E-state index contributed by atoms with van der Waals surface area (Å²) in [4.78, 5) is 34.7. The Hall–Kier alpha value is -1.59. The van der Waals surface area contributed by atoms with Gasteiger partial charge in [0.2, 0.25) is 17.7 Å². The summed E-state index contributed by atoms with van der Waals surface area (Å²) >= 11 is 0. The Balaban J connectivity index is 2.35. The highest BCUT2D eigenvalue weighted by Gasteiger charge is 2.23. The van der Waals surface area contributed by atoms with E-state index in [4.69, 9.17) is 5.73 Å². The highest BCUT2D eigenvalue weighted by Crippen LogP contribution is 2.08. The van der Waals surface area contributed by atoms with Crippen LogP contribution in [0.15, 0.2) is 0 Å². The summed E-state index contributed by atoms with van der Waals surface area (Å²) in [6, 6.07) is -0.699. The first-order chi connectivity index (χ1) is 7.00. The third-order valence-electron chi connectivity index (χ3n) is 2.31. The first-order valence-corrected chi connectivity index (χ1v) is 4.87. The number of carbonyl (C=O) groups is 3. The zero-order valence-corrected chi connectivity index (χ0v) is 8.66. The third-order valence-corrected chi connectivity index (χ3v) is 2.31. The molecule has 0 bridgehead atoms. The van der Waals surface area contributed by atoms with Crippen LogP contribution in [-0.4, -0.2) is 41.8 Å². The number of nitrogens with two attached hydrogens (primary N) is 1. The Kier molecular flexibility index (Phi) is 3.65. The van der Waals surface area contributed by atoms with Gasteiger partial charge in [0, 0.05) is 13.0 Å². The fourth-order valence-electron chi connectivity index (χ4n) is 1.40. The van der Waals surface area contributed by atoms with E-state index in [9.17, 15) is 14.4 Å². The molecule has 1 unspecified atom stereocenters. The molecule has 0 aromatic carbocycles. The molecule has 0 spiro atoms.